The fourth-order valence-electron chi connectivity index (χ4n) is 1.32. The van der Waals surface area contributed by atoms with Crippen LogP contribution < -0.4 is 10.6 Å². The van der Waals surface area contributed by atoms with Crippen LogP contribution in [0.5, 0.6) is 0 Å². The Morgan fingerprint density at radius 2 is 1.52 bits per heavy atom. The third-order valence-corrected chi connectivity index (χ3v) is 2.55. The van der Waals surface area contributed by atoms with E-state index in [1.807, 2.05) is 5.32 Å². The Hall–Kier alpha value is -1.64. The largest absolute Gasteiger partial charge is 0.417 e. The van der Waals surface area contributed by atoms with Crippen LogP contribution in [-0.4, -0.2) is 24.4 Å². The molecule has 1 aromatic rings. The number of carbonyl (C=O) groups is 1. The molecule has 0 bridgehead atoms. The molecule has 3 nitrogen and oxygen atoms in total. The molecule has 0 heterocycles. The number of alkyl halides is 6. The third-order valence-electron chi connectivity index (χ3n) is 2.30. The summed E-state index contributed by atoms with van der Waals surface area (Å²) in [6.45, 7) is -0.245. The maximum absolute atomic E-state index is 12.2. The molecule has 1 rings (SSSR count). The second kappa shape index (κ2) is 6.42. The average molecular weight is 335 g/mol. The van der Waals surface area contributed by atoms with Crippen LogP contribution in [0.4, 0.5) is 31.1 Å². The van der Waals surface area contributed by atoms with Crippen LogP contribution in [0.3, 0.4) is 0 Å². The molecule has 118 valence electrons. The fourth-order valence-corrected chi connectivity index (χ4v) is 1.44. The lowest BCUT2D eigenvalue weighted by atomic mass is 10.2. The summed E-state index contributed by atoms with van der Waals surface area (Å²) >= 11 is 5.59. The minimum atomic E-state index is -5.63. The molecule has 0 aromatic heterocycles. The first kappa shape index (κ1) is 17.4. The number of amides is 2. The summed E-state index contributed by atoms with van der Waals surface area (Å²) in [5, 5.41) is 3.15. The molecule has 0 unspecified atom stereocenters. The average Bonchev–Trinajstić information content (AvgIpc) is 2.32. The van der Waals surface area contributed by atoms with Crippen LogP contribution in [-0.2, 0) is 6.54 Å². The number of nitrogens with one attached hydrogen (secondary N) is 2. The molecular formula is C11H9ClF6N2O. The van der Waals surface area contributed by atoms with Gasteiger partial charge >= 0.3 is 18.4 Å². The van der Waals surface area contributed by atoms with Gasteiger partial charge in [0.05, 0.1) is 0 Å². The first-order valence-electron chi connectivity index (χ1n) is 5.42. The summed E-state index contributed by atoms with van der Waals surface area (Å²) < 4.78 is 73.2. The Kier molecular flexibility index (Phi) is 5.32. The minimum Gasteiger partial charge on any atom is -0.334 e. The SMILES string of the molecule is O=C(NCc1ccc(Cl)cc1)NC(C(F)(F)F)C(F)(F)F. The topological polar surface area (TPSA) is 41.1 Å². The van der Waals surface area contributed by atoms with Crippen LogP contribution in [0.1, 0.15) is 5.56 Å². The first-order valence-corrected chi connectivity index (χ1v) is 5.80. The molecule has 0 aliphatic heterocycles. The Balaban J connectivity index is 2.61. The molecule has 1 aromatic carbocycles. The number of urea groups is 1. The lowest BCUT2D eigenvalue weighted by Gasteiger charge is -2.23. The smallest absolute Gasteiger partial charge is 0.334 e. The van der Waals surface area contributed by atoms with Crippen molar-refractivity contribution >= 4 is 17.6 Å². The third kappa shape index (κ3) is 5.70. The number of rotatable bonds is 3. The zero-order valence-corrected chi connectivity index (χ0v) is 10.9. The van der Waals surface area contributed by atoms with Crippen LogP contribution in [0, 0.1) is 0 Å². The van der Waals surface area contributed by atoms with Gasteiger partial charge in [0, 0.05) is 11.6 Å². The van der Waals surface area contributed by atoms with Crippen molar-refractivity contribution in [3.05, 3.63) is 34.9 Å². The van der Waals surface area contributed by atoms with Crippen LogP contribution in [0.25, 0.3) is 0 Å². The van der Waals surface area contributed by atoms with Crippen molar-refractivity contribution in [1.82, 2.24) is 10.6 Å². The zero-order valence-electron chi connectivity index (χ0n) is 10.1. The van der Waals surface area contributed by atoms with E-state index in [-0.39, 0.29) is 6.54 Å². The van der Waals surface area contributed by atoms with E-state index in [1.54, 1.807) is 0 Å². The Labute approximate surface area is 120 Å². The number of hydrogen-bond acceptors (Lipinski definition) is 1. The van der Waals surface area contributed by atoms with E-state index in [2.05, 4.69) is 0 Å². The standard InChI is InChI=1S/C11H9ClF6N2O/c12-7-3-1-6(2-4-7)5-19-9(21)20-8(10(13,14)15)11(16,17)18/h1-4,8H,5H2,(H2,19,20,21). The van der Waals surface area contributed by atoms with Crippen LogP contribution >= 0.6 is 11.6 Å². The summed E-state index contributed by atoms with van der Waals surface area (Å²) in [6, 6.07) is 0.358. The molecule has 0 atom stereocenters. The molecular weight excluding hydrogens is 326 g/mol. The normalized spacial score (nSPS) is 12.4. The van der Waals surface area contributed by atoms with Gasteiger partial charge < -0.3 is 10.6 Å². The summed E-state index contributed by atoms with van der Waals surface area (Å²) in [5.41, 5.74) is 0.463. The van der Waals surface area contributed by atoms with E-state index in [0.717, 1.165) is 5.32 Å². The van der Waals surface area contributed by atoms with Gasteiger partial charge in [-0.15, -0.1) is 0 Å². The number of halogens is 7. The molecule has 0 fully saturated rings. The highest BCUT2D eigenvalue weighted by atomic mass is 35.5. The van der Waals surface area contributed by atoms with Crippen LogP contribution in [0.15, 0.2) is 24.3 Å². The summed E-state index contributed by atoms with van der Waals surface area (Å²) in [5.74, 6) is 0. The van der Waals surface area contributed by atoms with Crippen molar-refractivity contribution in [1.29, 1.82) is 0 Å². The maximum atomic E-state index is 12.2. The van der Waals surface area contributed by atoms with Crippen LogP contribution in [0.2, 0.25) is 5.02 Å². The maximum Gasteiger partial charge on any atom is 0.417 e. The Morgan fingerprint density at radius 1 is 1.05 bits per heavy atom. The van der Waals surface area contributed by atoms with Crippen molar-refractivity contribution < 1.29 is 31.1 Å². The number of hydrogen-bond donors (Lipinski definition) is 2. The minimum absolute atomic E-state index is 0.245. The second-order valence-electron chi connectivity index (χ2n) is 3.97. The molecule has 21 heavy (non-hydrogen) atoms. The van der Waals surface area contributed by atoms with E-state index in [0.29, 0.717) is 10.6 Å². The second-order valence-corrected chi connectivity index (χ2v) is 4.41. The van der Waals surface area contributed by atoms with Gasteiger partial charge in [0.15, 0.2) is 0 Å². The fraction of sp³-hybridized carbons (Fsp3) is 0.364. The highest BCUT2D eigenvalue weighted by Gasteiger charge is 2.57. The molecule has 0 aliphatic rings. The summed E-state index contributed by atoms with van der Waals surface area (Å²) in [7, 11) is 0. The predicted octanol–water partition coefficient (Wildman–Crippen LogP) is 3.63. The van der Waals surface area contributed by atoms with Gasteiger partial charge in [-0.25, -0.2) is 4.79 Å². The Morgan fingerprint density at radius 3 is 1.95 bits per heavy atom. The Bertz CT molecular complexity index is 471. The molecule has 2 N–H and O–H groups in total. The summed E-state index contributed by atoms with van der Waals surface area (Å²) in [4.78, 5) is 11.1. The van der Waals surface area contributed by atoms with Gasteiger partial charge in [-0.3, -0.25) is 0 Å². The lowest BCUT2D eigenvalue weighted by Crippen LogP contribution is -2.56. The van der Waals surface area contributed by atoms with Crippen molar-refractivity contribution in [2.45, 2.75) is 24.9 Å². The number of carbonyl (C=O) groups excluding carboxylic acids is 1. The van der Waals surface area contributed by atoms with Crippen molar-refractivity contribution in [3.8, 4) is 0 Å². The van der Waals surface area contributed by atoms with Gasteiger partial charge in [-0.2, -0.15) is 26.3 Å². The van der Waals surface area contributed by atoms with Gasteiger partial charge in [-0.1, -0.05) is 23.7 Å². The molecule has 10 heteroatoms. The predicted molar refractivity (Wildman–Crippen MR) is 62.7 cm³/mol. The van der Waals surface area contributed by atoms with Gasteiger partial charge in [0.2, 0.25) is 6.04 Å². The van der Waals surface area contributed by atoms with Gasteiger partial charge in [0.25, 0.3) is 0 Å². The first-order chi connectivity index (χ1) is 9.50. The molecule has 0 saturated heterocycles. The van der Waals surface area contributed by atoms with Crippen molar-refractivity contribution in [2.75, 3.05) is 0 Å². The molecule has 0 radical (unpaired) electrons. The van der Waals surface area contributed by atoms with E-state index in [1.165, 1.54) is 24.3 Å². The zero-order chi connectivity index (χ0) is 16.3. The highest BCUT2D eigenvalue weighted by Crippen LogP contribution is 2.33. The molecule has 2 amide bonds. The van der Waals surface area contributed by atoms with Gasteiger partial charge in [0.1, 0.15) is 0 Å². The van der Waals surface area contributed by atoms with E-state index >= 15 is 0 Å². The van der Waals surface area contributed by atoms with Gasteiger partial charge in [-0.05, 0) is 17.7 Å². The highest BCUT2D eigenvalue weighted by molar-refractivity contribution is 6.30. The summed E-state index contributed by atoms with van der Waals surface area (Å²) in [6.07, 6.45) is -11.3. The van der Waals surface area contributed by atoms with E-state index in [4.69, 9.17) is 11.6 Å². The quantitative estimate of drug-likeness (QED) is 0.814. The van der Waals surface area contributed by atoms with Crippen molar-refractivity contribution in [2.24, 2.45) is 0 Å². The molecule has 0 saturated carbocycles. The number of benzene rings is 1. The van der Waals surface area contributed by atoms with E-state index in [9.17, 15) is 31.1 Å². The monoisotopic (exact) mass is 334 g/mol. The molecule has 0 aliphatic carbocycles. The van der Waals surface area contributed by atoms with Crippen molar-refractivity contribution in [3.63, 3.8) is 0 Å². The van der Waals surface area contributed by atoms with E-state index < -0.39 is 24.4 Å². The lowest BCUT2D eigenvalue weighted by molar-refractivity contribution is -0.255. The molecule has 0 spiro atoms.